The highest BCUT2D eigenvalue weighted by Gasteiger charge is 2.14. The molecular weight excluding hydrogens is 274 g/mol. The molecular formula is C14H13N3O2S. The maximum atomic E-state index is 11.6. The minimum Gasteiger partial charge on any atom is -0.461 e. The SMILES string of the molecule is CCOC(=O)c1cn2nc(Cc3ccccc3)sc2n1. The highest BCUT2D eigenvalue weighted by molar-refractivity contribution is 7.16. The average Bonchev–Trinajstić information content (AvgIpc) is 2.98. The van der Waals surface area contributed by atoms with Gasteiger partial charge in [0.05, 0.1) is 12.8 Å². The molecule has 0 aliphatic heterocycles. The number of rotatable bonds is 4. The van der Waals surface area contributed by atoms with Crippen molar-refractivity contribution < 1.29 is 9.53 Å². The van der Waals surface area contributed by atoms with E-state index in [0.29, 0.717) is 17.3 Å². The van der Waals surface area contributed by atoms with Crippen LogP contribution in [0.1, 0.15) is 28.0 Å². The summed E-state index contributed by atoms with van der Waals surface area (Å²) >= 11 is 1.48. The maximum Gasteiger partial charge on any atom is 0.358 e. The second-order valence-corrected chi connectivity index (χ2v) is 5.27. The first-order chi connectivity index (χ1) is 9.76. The minimum absolute atomic E-state index is 0.303. The summed E-state index contributed by atoms with van der Waals surface area (Å²) in [6, 6.07) is 10.1. The van der Waals surface area contributed by atoms with Crippen molar-refractivity contribution in [2.24, 2.45) is 0 Å². The minimum atomic E-state index is -0.408. The van der Waals surface area contributed by atoms with E-state index >= 15 is 0 Å². The van der Waals surface area contributed by atoms with E-state index < -0.39 is 5.97 Å². The topological polar surface area (TPSA) is 56.5 Å². The zero-order valence-corrected chi connectivity index (χ0v) is 11.8. The third-order valence-corrected chi connectivity index (χ3v) is 3.69. The largest absolute Gasteiger partial charge is 0.461 e. The highest BCUT2D eigenvalue weighted by atomic mass is 32.1. The van der Waals surface area contributed by atoms with Crippen LogP contribution in [0.3, 0.4) is 0 Å². The number of imidazole rings is 1. The molecule has 2 aromatic heterocycles. The third kappa shape index (κ3) is 2.55. The molecule has 0 saturated carbocycles. The van der Waals surface area contributed by atoms with E-state index in [0.717, 1.165) is 11.4 Å². The standard InChI is InChI=1S/C14H13N3O2S/c1-2-19-13(18)11-9-17-14(15-11)20-12(16-17)8-10-6-4-3-5-7-10/h3-7,9H,2,8H2,1H3. The Morgan fingerprint density at radius 2 is 2.15 bits per heavy atom. The van der Waals surface area contributed by atoms with Gasteiger partial charge in [0.25, 0.3) is 0 Å². The molecule has 0 fully saturated rings. The van der Waals surface area contributed by atoms with Crippen molar-refractivity contribution in [3.63, 3.8) is 0 Å². The Kier molecular flexibility index (Phi) is 3.47. The van der Waals surface area contributed by atoms with Gasteiger partial charge in [-0.2, -0.15) is 5.10 Å². The number of carbonyl (C=O) groups is 1. The van der Waals surface area contributed by atoms with Crippen LogP contribution in [0.5, 0.6) is 0 Å². The van der Waals surface area contributed by atoms with Crippen molar-refractivity contribution in [1.29, 1.82) is 0 Å². The van der Waals surface area contributed by atoms with Crippen LogP contribution in [0.15, 0.2) is 36.5 Å². The zero-order chi connectivity index (χ0) is 13.9. The molecule has 0 bridgehead atoms. The van der Waals surface area contributed by atoms with Gasteiger partial charge < -0.3 is 4.74 Å². The van der Waals surface area contributed by atoms with Crippen LogP contribution in [-0.2, 0) is 11.2 Å². The number of fused-ring (bicyclic) bond motifs is 1. The summed E-state index contributed by atoms with van der Waals surface area (Å²) < 4.78 is 6.55. The summed E-state index contributed by atoms with van der Waals surface area (Å²) in [6.45, 7) is 2.11. The summed E-state index contributed by atoms with van der Waals surface area (Å²) in [5.74, 6) is -0.408. The Bertz CT molecular complexity index is 702. The predicted octanol–water partition coefficient (Wildman–Crippen LogP) is 2.56. The number of nitrogens with zero attached hydrogens (tertiary/aromatic N) is 3. The first-order valence-corrected chi connectivity index (χ1v) is 7.14. The van der Waals surface area contributed by atoms with E-state index in [-0.39, 0.29) is 0 Å². The quantitative estimate of drug-likeness (QED) is 0.692. The Hall–Kier alpha value is -2.21. The van der Waals surface area contributed by atoms with E-state index in [1.165, 1.54) is 16.9 Å². The fourth-order valence-electron chi connectivity index (χ4n) is 1.89. The summed E-state index contributed by atoms with van der Waals surface area (Å²) in [6.07, 6.45) is 2.38. The van der Waals surface area contributed by atoms with E-state index in [9.17, 15) is 4.79 Å². The molecule has 0 aliphatic carbocycles. The molecule has 0 aliphatic rings. The molecule has 5 nitrogen and oxygen atoms in total. The average molecular weight is 287 g/mol. The monoisotopic (exact) mass is 287 g/mol. The second kappa shape index (κ2) is 5.42. The van der Waals surface area contributed by atoms with Crippen LogP contribution < -0.4 is 0 Å². The highest BCUT2D eigenvalue weighted by Crippen LogP contribution is 2.18. The fourth-order valence-corrected chi connectivity index (χ4v) is 2.80. The number of benzene rings is 1. The van der Waals surface area contributed by atoms with E-state index in [1.54, 1.807) is 17.6 Å². The van der Waals surface area contributed by atoms with Gasteiger partial charge in [0.2, 0.25) is 4.96 Å². The van der Waals surface area contributed by atoms with Crippen molar-refractivity contribution in [3.8, 4) is 0 Å². The van der Waals surface area contributed by atoms with Gasteiger partial charge in [-0.1, -0.05) is 41.7 Å². The summed E-state index contributed by atoms with van der Waals surface area (Å²) in [4.78, 5) is 16.5. The maximum absolute atomic E-state index is 11.6. The molecule has 2 heterocycles. The van der Waals surface area contributed by atoms with E-state index in [2.05, 4.69) is 22.2 Å². The lowest BCUT2D eigenvalue weighted by atomic mass is 10.2. The Balaban J connectivity index is 1.82. The van der Waals surface area contributed by atoms with Crippen molar-refractivity contribution in [2.75, 3.05) is 6.61 Å². The van der Waals surface area contributed by atoms with Crippen molar-refractivity contribution >= 4 is 22.3 Å². The van der Waals surface area contributed by atoms with Gasteiger partial charge in [0.15, 0.2) is 5.69 Å². The molecule has 0 N–H and O–H groups in total. The first kappa shape index (κ1) is 12.8. The molecule has 6 heteroatoms. The van der Waals surface area contributed by atoms with Crippen LogP contribution >= 0.6 is 11.3 Å². The molecule has 0 amide bonds. The number of hydrogen-bond donors (Lipinski definition) is 0. The fraction of sp³-hybridized carbons (Fsp3) is 0.214. The van der Waals surface area contributed by atoms with Crippen molar-refractivity contribution in [2.45, 2.75) is 13.3 Å². The number of esters is 1. The van der Waals surface area contributed by atoms with Crippen molar-refractivity contribution in [1.82, 2.24) is 14.6 Å². The normalized spacial score (nSPS) is 10.8. The Labute approximate surface area is 119 Å². The van der Waals surface area contributed by atoms with Crippen LogP contribution in [0.2, 0.25) is 0 Å². The van der Waals surface area contributed by atoms with Gasteiger partial charge in [-0.3, -0.25) is 0 Å². The molecule has 0 radical (unpaired) electrons. The van der Waals surface area contributed by atoms with Crippen molar-refractivity contribution in [3.05, 3.63) is 52.8 Å². The lowest BCUT2D eigenvalue weighted by Crippen LogP contribution is -2.04. The van der Waals surface area contributed by atoms with Gasteiger partial charge in [-0.05, 0) is 12.5 Å². The van der Waals surface area contributed by atoms with Gasteiger partial charge in [-0.15, -0.1) is 0 Å². The van der Waals surface area contributed by atoms with E-state index in [1.807, 2.05) is 18.2 Å². The zero-order valence-electron chi connectivity index (χ0n) is 10.9. The van der Waals surface area contributed by atoms with Crippen LogP contribution in [0.4, 0.5) is 0 Å². The Morgan fingerprint density at radius 3 is 2.85 bits per heavy atom. The number of ether oxygens (including phenoxy) is 1. The molecule has 3 rings (SSSR count). The lowest BCUT2D eigenvalue weighted by Gasteiger charge is -1.96. The third-order valence-electron chi connectivity index (χ3n) is 2.77. The predicted molar refractivity (Wildman–Crippen MR) is 76.1 cm³/mol. The summed E-state index contributed by atoms with van der Waals surface area (Å²) in [7, 11) is 0. The van der Waals surface area contributed by atoms with Gasteiger partial charge >= 0.3 is 5.97 Å². The second-order valence-electron chi connectivity index (χ2n) is 4.23. The number of hydrogen-bond acceptors (Lipinski definition) is 5. The van der Waals surface area contributed by atoms with Crippen LogP contribution in [0.25, 0.3) is 4.96 Å². The summed E-state index contributed by atoms with van der Waals surface area (Å²) in [5.41, 5.74) is 1.51. The van der Waals surface area contributed by atoms with Gasteiger partial charge in [0.1, 0.15) is 5.01 Å². The number of carbonyl (C=O) groups excluding carboxylic acids is 1. The molecule has 0 unspecified atom stereocenters. The molecule has 0 atom stereocenters. The van der Waals surface area contributed by atoms with E-state index in [4.69, 9.17) is 4.74 Å². The smallest absolute Gasteiger partial charge is 0.358 e. The molecule has 20 heavy (non-hydrogen) atoms. The summed E-state index contributed by atoms with van der Waals surface area (Å²) in [5, 5.41) is 5.40. The van der Waals surface area contributed by atoms with Gasteiger partial charge in [-0.25, -0.2) is 14.3 Å². The molecule has 1 aromatic carbocycles. The molecule has 3 aromatic rings. The first-order valence-electron chi connectivity index (χ1n) is 6.32. The molecule has 102 valence electrons. The molecule has 0 saturated heterocycles. The lowest BCUT2D eigenvalue weighted by molar-refractivity contribution is 0.0520. The Morgan fingerprint density at radius 1 is 1.35 bits per heavy atom. The number of aromatic nitrogens is 3. The van der Waals surface area contributed by atoms with Gasteiger partial charge in [0, 0.05) is 6.42 Å². The molecule has 0 spiro atoms. The van der Waals surface area contributed by atoms with Crippen LogP contribution in [-0.4, -0.2) is 27.2 Å². The van der Waals surface area contributed by atoms with Crippen LogP contribution in [0, 0.1) is 0 Å².